The second-order valence-corrected chi connectivity index (χ2v) is 5.01. The van der Waals surface area contributed by atoms with E-state index in [9.17, 15) is 4.79 Å². The third kappa shape index (κ3) is 4.10. The van der Waals surface area contributed by atoms with E-state index in [-0.39, 0.29) is 5.91 Å². The number of nitrogens with one attached hydrogen (secondary N) is 2. The van der Waals surface area contributed by atoms with E-state index < -0.39 is 0 Å². The van der Waals surface area contributed by atoms with Gasteiger partial charge in [0.15, 0.2) is 0 Å². The molecule has 19 heavy (non-hydrogen) atoms. The van der Waals surface area contributed by atoms with Gasteiger partial charge in [0.05, 0.1) is 5.56 Å². The minimum Gasteiger partial charge on any atom is -0.362 e. The predicted octanol–water partition coefficient (Wildman–Crippen LogP) is 2.40. The molecule has 0 unspecified atom stereocenters. The van der Waals surface area contributed by atoms with Crippen molar-refractivity contribution in [2.45, 2.75) is 41.0 Å². The highest BCUT2D eigenvalue weighted by Gasteiger charge is 2.15. The molecule has 4 heteroatoms. The maximum absolute atomic E-state index is 12.1. The molecule has 0 radical (unpaired) electrons. The molecule has 0 atom stereocenters. The highest BCUT2D eigenvalue weighted by Crippen LogP contribution is 2.16. The molecule has 0 fully saturated rings. The monoisotopic (exact) mass is 265 g/mol. The van der Waals surface area contributed by atoms with Crippen LogP contribution in [-0.4, -0.2) is 42.0 Å². The number of rotatable bonds is 7. The number of hydrogen-bond donors (Lipinski definition) is 2. The van der Waals surface area contributed by atoms with Gasteiger partial charge in [0.2, 0.25) is 0 Å². The lowest BCUT2D eigenvalue weighted by atomic mass is 10.1. The summed E-state index contributed by atoms with van der Waals surface area (Å²) in [5.41, 5.74) is 3.89. The number of H-pyrrole nitrogens is 1. The van der Waals surface area contributed by atoms with Crippen LogP contribution in [0.15, 0.2) is 0 Å². The van der Waals surface area contributed by atoms with Crippen molar-refractivity contribution in [3.63, 3.8) is 0 Å². The zero-order valence-electron chi connectivity index (χ0n) is 12.9. The number of aromatic nitrogens is 1. The predicted molar refractivity (Wildman–Crippen MR) is 79.7 cm³/mol. The third-order valence-electron chi connectivity index (χ3n) is 3.75. The van der Waals surface area contributed by atoms with Crippen molar-refractivity contribution >= 4 is 5.91 Å². The van der Waals surface area contributed by atoms with Crippen molar-refractivity contribution in [3.8, 4) is 0 Å². The van der Waals surface area contributed by atoms with Gasteiger partial charge in [0.25, 0.3) is 5.91 Å². The summed E-state index contributed by atoms with van der Waals surface area (Å²) in [6, 6.07) is 0. The second-order valence-electron chi connectivity index (χ2n) is 5.01. The SMILES string of the molecule is CCN(CC)CCCNC(=O)c1c(C)[nH]c(C)c1C. The number of hydrogen-bond acceptors (Lipinski definition) is 2. The largest absolute Gasteiger partial charge is 0.362 e. The maximum atomic E-state index is 12.1. The van der Waals surface area contributed by atoms with Gasteiger partial charge in [-0.15, -0.1) is 0 Å². The molecular formula is C15H27N3O. The summed E-state index contributed by atoms with van der Waals surface area (Å²) in [7, 11) is 0. The van der Waals surface area contributed by atoms with Gasteiger partial charge in [-0.2, -0.15) is 0 Å². The molecule has 0 saturated carbocycles. The Morgan fingerprint density at radius 3 is 2.26 bits per heavy atom. The van der Waals surface area contributed by atoms with Gasteiger partial charge in [-0.1, -0.05) is 13.8 Å². The van der Waals surface area contributed by atoms with Gasteiger partial charge in [-0.05, 0) is 52.4 Å². The molecule has 0 bridgehead atoms. The molecule has 108 valence electrons. The average molecular weight is 265 g/mol. The Hall–Kier alpha value is -1.29. The molecular weight excluding hydrogens is 238 g/mol. The zero-order chi connectivity index (χ0) is 14.4. The number of aromatic amines is 1. The van der Waals surface area contributed by atoms with E-state index in [0.29, 0.717) is 0 Å². The van der Waals surface area contributed by atoms with Crippen LogP contribution in [0.25, 0.3) is 0 Å². The Morgan fingerprint density at radius 2 is 1.79 bits per heavy atom. The van der Waals surface area contributed by atoms with Crippen LogP contribution in [0.3, 0.4) is 0 Å². The minimum absolute atomic E-state index is 0.0406. The van der Waals surface area contributed by atoms with Crippen LogP contribution in [0.5, 0.6) is 0 Å². The minimum atomic E-state index is 0.0406. The molecule has 4 nitrogen and oxygen atoms in total. The van der Waals surface area contributed by atoms with Crippen LogP contribution in [0.2, 0.25) is 0 Å². The summed E-state index contributed by atoms with van der Waals surface area (Å²) < 4.78 is 0. The molecule has 0 spiro atoms. The van der Waals surface area contributed by atoms with Crippen LogP contribution in [0.1, 0.15) is 47.6 Å². The standard InChI is InChI=1S/C15H27N3O/c1-6-18(7-2)10-8-9-16-15(19)14-11(3)12(4)17-13(14)5/h17H,6-10H2,1-5H3,(H,16,19). The van der Waals surface area contributed by atoms with Gasteiger partial charge in [-0.25, -0.2) is 0 Å². The van der Waals surface area contributed by atoms with E-state index in [1.54, 1.807) is 0 Å². The topological polar surface area (TPSA) is 48.1 Å². The number of aryl methyl sites for hydroxylation is 2. The Bertz CT molecular complexity index is 419. The van der Waals surface area contributed by atoms with Gasteiger partial charge in [-0.3, -0.25) is 4.79 Å². The Labute approximate surface area is 116 Å². The lowest BCUT2D eigenvalue weighted by Crippen LogP contribution is -2.30. The van der Waals surface area contributed by atoms with E-state index >= 15 is 0 Å². The van der Waals surface area contributed by atoms with Gasteiger partial charge < -0.3 is 15.2 Å². The number of carbonyl (C=O) groups excluding carboxylic acids is 1. The van der Waals surface area contributed by atoms with Crippen molar-refractivity contribution < 1.29 is 4.79 Å². The maximum Gasteiger partial charge on any atom is 0.253 e. The van der Waals surface area contributed by atoms with Gasteiger partial charge >= 0.3 is 0 Å². The lowest BCUT2D eigenvalue weighted by Gasteiger charge is -2.17. The van der Waals surface area contributed by atoms with Crippen LogP contribution in [0.4, 0.5) is 0 Å². The molecule has 0 aliphatic rings. The molecule has 1 amide bonds. The highest BCUT2D eigenvalue weighted by molar-refractivity contribution is 5.97. The molecule has 1 rings (SSSR count). The van der Waals surface area contributed by atoms with E-state index in [1.807, 2.05) is 20.8 Å². The lowest BCUT2D eigenvalue weighted by molar-refractivity contribution is 0.0951. The summed E-state index contributed by atoms with van der Waals surface area (Å²) in [4.78, 5) is 17.7. The van der Waals surface area contributed by atoms with Crippen LogP contribution < -0.4 is 5.32 Å². The summed E-state index contributed by atoms with van der Waals surface area (Å²) in [5.74, 6) is 0.0406. The molecule has 1 aromatic rings. The van der Waals surface area contributed by atoms with Crippen molar-refractivity contribution in [1.82, 2.24) is 15.2 Å². The van der Waals surface area contributed by atoms with Crippen LogP contribution >= 0.6 is 0 Å². The van der Waals surface area contributed by atoms with Gasteiger partial charge in [0.1, 0.15) is 0 Å². The van der Waals surface area contributed by atoms with E-state index in [4.69, 9.17) is 0 Å². The molecule has 0 aliphatic carbocycles. The van der Waals surface area contributed by atoms with E-state index in [0.717, 1.165) is 55.1 Å². The fourth-order valence-electron chi connectivity index (χ4n) is 2.38. The highest BCUT2D eigenvalue weighted by atomic mass is 16.1. The summed E-state index contributed by atoms with van der Waals surface area (Å²) in [6.07, 6.45) is 0.995. The molecule has 1 heterocycles. The third-order valence-corrected chi connectivity index (χ3v) is 3.75. The summed E-state index contributed by atoms with van der Waals surface area (Å²) in [6.45, 7) is 14.2. The molecule has 0 aliphatic heterocycles. The number of nitrogens with zero attached hydrogens (tertiary/aromatic N) is 1. The first-order chi connectivity index (χ1) is 9.01. The molecule has 0 aromatic carbocycles. The van der Waals surface area contributed by atoms with E-state index in [2.05, 4.69) is 29.0 Å². The normalized spacial score (nSPS) is 11.1. The van der Waals surface area contributed by atoms with E-state index in [1.165, 1.54) is 0 Å². The zero-order valence-corrected chi connectivity index (χ0v) is 12.9. The van der Waals surface area contributed by atoms with Gasteiger partial charge in [0, 0.05) is 17.9 Å². The van der Waals surface area contributed by atoms with Crippen molar-refractivity contribution in [2.75, 3.05) is 26.2 Å². The molecule has 2 N–H and O–H groups in total. The number of carbonyl (C=O) groups is 1. The van der Waals surface area contributed by atoms with Crippen molar-refractivity contribution in [2.24, 2.45) is 0 Å². The second kappa shape index (κ2) is 7.34. The molecule has 1 aromatic heterocycles. The first kappa shape index (κ1) is 15.8. The number of amides is 1. The Balaban J connectivity index is 2.44. The van der Waals surface area contributed by atoms with Crippen LogP contribution in [0, 0.1) is 20.8 Å². The van der Waals surface area contributed by atoms with Crippen molar-refractivity contribution in [1.29, 1.82) is 0 Å². The average Bonchev–Trinajstić information content (AvgIpc) is 2.63. The summed E-state index contributed by atoms with van der Waals surface area (Å²) >= 11 is 0. The molecule has 0 saturated heterocycles. The first-order valence-corrected chi connectivity index (χ1v) is 7.17. The first-order valence-electron chi connectivity index (χ1n) is 7.17. The van der Waals surface area contributed by atoms with Crippen LogP contribution in [-0.2, 0) is 0 Å². The fraction of sp³-hybridized carbons (Fsp3) is 0.667. The Kier molecular flexibility index (Phi) is 6.09. The quantitative estimate of drug-likeness (QED) is 0.744. The fourth-order valence-corrected chi connectivity index (χ4v) is 2.38. The van der Waals surface area contributed by atoms with Crippen molar-refractivity contribution in [3.05, 3.63) is 22.5 Å². The summed E-state index contributed by atoms with van der Waals surface area (Å²) in [5, 5.41) is 3.01. The smallest absolute Gasteiger partial charge is 0.253 e. The Morgan fingerprint density at radius 1 is 1.16 bits per heavy atom.